The van der Waals surface area contributed by atoms with Gasteiger partial charge in [-0.3, -0.25) is 9.78 Å². The number of amides is 1. The number of hydrogen-bond donors (Lipinski definition) is 0. The van der Waals surface area contributed by atoms with E-state index in [0.717, 1.165) is 23.4 Å². The van der Waals surface area contributed by atoms with Gasteiger partial charge >= 0.3 is 0 Å². The minimum absolute atomic E-state index is 0. The van der Waals surface area contributed by atoms with Crippen molar-refractivity contribution in [1.29, 1.82) is 5.26 Å². The van der Waals surface area contributed by atoms with Crippen molar-refractivity contribution >= 4 is 30.1 Å². The Morgan fingerprint density at radius 3 is 2.68 bits per heavy atom. The number of rotatable bonds is 4. The normalized spacial score (nSPS) is 16.6. The summed E-state index contributed by atoms with van der Waals surface area (Å²) in [6, 6.07) is 13.5. The van der Waals surface area contributed by atoms with Crippen LogP contribution in [0.1, 0.15) is 30.3 Å². The maximum Gasteiger partial charge on any atom is 0.233 e. The van der Waals surface area contributed by atoms with Crippen LogP contribution >= 0.6 is 24.2 Å². The maximum atomic E-state index is 12.3. The Morgan fingerprint density at radius 1 is 1.32 bits per heavy atom. The second-order valence-electron chi connectivity index (χ2n) is 6.23. The summed E-state index contributed by atoms with van der Waals surface area (Å²) >= 11 is 1.65. The summed E-state index contributed by atoms with van der Waals surface area (Å²) in [5.41, 5.74) is 3.53. The van der Waals surface area contributed by atoms with Gasteiger partial charge in [0.25, 0.3) is 0 Å². The quantitative estimate of drug-likeness (QED) is 0.802. The molecule has 6 heteroatoms. The Morgan fingerprint density at radius 2 is 2.04 bits per heavy atom. The zero-order valence-electron chi connectivity index (χ0n) is 14.2. The first kappa shape index (κ1) is 19.3. The van der Waals surface area contributed by atoms with Crippen LogP contribution in [-0.2, 0) is 4.79 Å². The standard InChI is InChI=1S/C19H19N3OS.ClH/c1-13(2)11-22-17(23)12-24-19(22)16-4-3-9-21-18(16)15-7-5-14(10-20)6-8-15;/h3-9,13,19H,11-12H2,1-2H3;1H. The van der Waals surface area contributed by atoms with E-state index < -0.39 is 0 Å². The van der Waals surface area contributed by atoms with E-state index in [1.165, 1.54) is 0 Å². The SMILES string of the molecule is CC(C)CN1C(=O)CSC1c1cccnc1-c1ccc(C#N)cc1.Cl. The Balaban J connectivity index is 0.00000225. The third-order valence-electron chi connectivity index (χ3n) is 3.92. The lowest BCUT2D eigenvalue weighted by molar-refractivity contribution is -0.128. The highest BCUT2D eigenvalue weighted by Crippen LogP contribution is 2.42. The number of aromatic nitrogens is 1. The van der Waals surface area contributed by atoms with Crippen molar-refractivity contribution in [2.24, 2.45) is 5.92 Å². The van der Waals surface area contributed by atoms with Crippen LogP contribution in [0.5, 0.6) is 0 Å². The molecule has 1 aliphatic rings. The molecule has 0 saturated carbocycles. The van der Waals surface area contributed by atoms with Gasteiger partial charge in [0, 0.05) is 23.9 Å². The molecule has 1 atom stereocenters. The molecule has 0 aliphatic carbocycles. The molecule has 130 valence electrons. The number of nitriles is 1. The summed E-state index contributed by atoms with van der Waals surface area (Å²) in [5.74, 6) is 1.12. The smallest absolute Gasteiger partial charge is 0.233 e. The van der Waals surface area contributed by atoms with E-state index in [-0.39, 0.29) is 23.7 Å². The molecule has 2 aromatic rings. The van der Waals surface area contributed by atoms with Crippen LogP contribution in [0.4, 0.5) is 0 Å². The minimum Gasteiger partial charge on any atom is -0.325 e. The molecule has 1 fully saturated rings. The van der Waals surface area contributed by atoms with Gasteiger partial charge in [0.1, 0.15) is 5.37 Å². The fourth-order valence-corrected chi connectivity index (χ4v) is 4.08. The molecule has 25 heavy (non-hydrogen) atoms. The number of carbonyl (C=O) groups excluding carboxylic acids is 1. The van der Waals surface area contributed by atoms with Gasteiger partial charge in [0.05, 0.1) is 23.1 Å². The van der Waals surface area contributed by atoms with Crippen molar-refractivity contribution in [3.05, 3.63) is 53.7 Å². The highest BCUT2D eigenvalue weighted by Gasteiger charge is 2.34. The minimum atomic E-state index is -0.000701. The molecule has 1 aliphatic heterocycles. The first-order valence-electron chi connectivity index (χ1n) is 7.96. The second-order valence-corrected chi connectivity index (χ2v) is 7.30. The number of benzene rings is 1. The van der Waals surface area contributed by atoms with Gasteiger partial charge in [-0.15, -0.1) is 24.2 Å². The van der Waals surface area contributed by atoms with Crippen molar-refractivity contribution < 1.29 is 4.79 Å². The molecule has 2 heterocycles. The van der Waals surface area contributed by atoms with Crippen molar-refractivity contribution in [3.63, 3.8) is 0 Å². The van der Waals surface area contributed by atoms with Crippen LogP contribution in [-0.4, -0.2) is 28.1 Å². The van der Waals surface area contributed by atoms with Crippen molar-refractivity contribution in [2.75, 3.05) is 12.3 Å². The van der Waals surface area contributed by atoms with E-state index in [2.05, 4.69) is 24.9 Å². The van der Waals surface area contributed by atoms with Crippen LogP contribution in [0.3, 0.4) is 0 Å². The third-order valence-corrected chi connectivity index (χ3v) is 5.16. The molecule has 1 amide bonds. The highest BCUT2D eigenvalue weighted by atomic mass is 35.5. The number of carbonyl (C=O) groups is 1. The van der Waals surface area contributed by atoms with E-state index in [9.17, 15) is 4.79 Å². The fourth-order valence-electron chi connectivity index (χ4n) is 2.86. The van der Waals surface area contributed by atoms with Gasteiger partial charge in [-0.2, -0.15) is 5.26 Å². The molecular formula is C19H20ClN3OS. The summed E-state index contributed by atoms with van der Waals surface area (Å²) in [6.45, 7) is 4.99. The summed E-state index contributed by atoms with van der Waals surface area (Å²) in [7, 11) is 0. The molecule has 4 nitrogen and oxygen atoms in total. The van der Waals surface area contributed by atoms with Crippen LogP contribution in [0.15, 0.2) is 42.6 Å². The highest BCUT2D eigenvalue weighted by molar-refractivity contribution is 8.00. The van der Waals surface area contributed by atoms with Gasteiger partial charge in [-0.05, 0) is 24.1 Å². The summed E-state index contributed by atoms with van der Waals surface area (Å²) in [5, 5.41) is 8.96. The molecule has 0 bridgehead atoms. The number of halogens is 1. The largest absolute Gasteiger partial charge is 0.325 e. The molecular weight excluding hydrogens is 354 g/mol. The Labute approximate surface area is 158 Å². The van der Waals surface area contributed by atoms with Crippen LogP contribution in [0, 0.1) is 17.2 Å². The van der Waals surface area contributed by atoms with Gasteiger partial charge in [0.15, 0.2) is 0 Å². The van der Waals surface area contributed by atoms with Gasteiger partial charge in [-0.1, -0.05) is 32.0 Å². The topological polar surface area (TPSA) is 57.0 Å². The van der Waals surface area contributed by atoms with Crippen LogP contribution in [0.25, 0.3) is 11.3 Å². The third kappa shape index (κ3) is 4.15. The molecule has 0 spiro atoms. The van der Waals surface area contributed by atoms with Crippen molar-refractivity contribution in [2.45, 2.75) is 19.2 Å². The molecule has 1 aromatic heterocycles. The fraction of sp³-hybridized carbons (Fsp3) is 0.316. The second kappa shape index (κ2) is 8.37. The van der Waals surface area contributed by atoms with E-state index in [4.69, 9.17) is 5.26 Å². The maximum absolute atomic E-state index is 12.3. The number of nitrogens with zero attached hydrogens (tertiary/aromatic N) is 3. The molecule has 0 radical (unpaired) electrons. The molecule has 1 saturated heterocycles. The first-order valence-corrected chi connectivity index (χ1v) is 9.01. The molecule has 1 aromatic carbocycles. The van der Waals surface area contributed by atoms with Gasteiger partial charge in [-0.25, -0.2) is 0 Å². The molecule has 1 unspecified atom stereocenters. The monoisotopic (exact) mass is 373 g/mol. The number of pyridine rings is 1. The predicted molar refractivity (Wildman–Crippen MR) is 103 cm³/mol. The Hall–Kier alpha value is -2.03. The lowest BCUT2D eigenvalue weighted by Gasteiger charge is -2.27. The summed E-state index contributed by atoms with van der Waals surface area (Å²) in [6.07, 6.45) is 1.77. The lowest BCUT2D eigenvalue weighted by Crippen LogP contribution is -2.32. The Kier molecular flexibility index (Phi) is 6.46. The van der Waals surface area contributed by atoms with E-state index in [1.807, 2.05) is 29.2 Å². The average Bonchev–Trinajstić information content (AvgIpc) is 2.95. The summed E-state index contributed by atoms with van der Waals surface area (Å²) in [4.78, 5) is 18.8. The van der Waals surface area contributed by atoms with E-state index in [0.29, 0.717) is 17.2 Å². The van der Waals surface area contributed by atoms with E-state index in [1.54, 1.807) is 30.1 Å². The zero-order chi connectivity index (χ0) is 17.1. The zero-order valence-corrected chi connectivity index (χ0v) is 15.8. The molecule has 3 rings (SSSR count). The van der Waals surface area contributed by atoms with Crippen molar-refractivity contribution in [1.82, 2.24) is 9.88 Å². The van der Waals surface area contributed by atoms with Gasteiger partial charge < -0.3 is 4.90 Å². The predicted octanol–water partition coefficient (Wildman–Crippen LogP) is 4.27. The Bertz CT molecular complexity index is 786. The van der Waals surface area contributed by atoms with Crippen LogP contribution in [0.2, 0.25) is 0 Å². The van der Waals surface area contributed by atoms with Crippen LogP contribution < -0.4 is 0 Å². The van der Waals surface area contributed by atoms with E-state index >= 15 is 0 Å². The lowest BCUT2D eigenvalue weighted by atomic mass is 10.0. The average molecular weight is 374 g/mol. The van der Waals surface area contributed by atoms with Crippen molar-refractivity contribution in [3.8, 4) is 17.3 Å². The summed E-state index contributed by atoms with van der Waals surface area (Å²) < 4.78 is 0. The molecule has 0 N–H and O–H groups in total. The van der Waals surface area contributed by atoms with Gasteiger partial charge in [0.2, 0.25) is 5.91 Å². The number of thioether (sulfide) groups is 1. The number of hydrogen-bond acceptors (Lipinski definition) is 4. The first-order chi connectivity index (χ1) is 11.6.